The predicted octanol–water partition coefficient (Wildman–Crippen LogP) is 1.95. The van der Waals surface area contributed by atoms with Crippen LogP contribution in [0.5, 0.6) is 0 Å². The molecule has 2 heteroatoms. The Labute approximate surface area is 79.9 Å². The van der Waals surface area contributed by atoms with Gasteiger partial charge < -0.3 is 4.74 Å². The molecule has 0 radical (unpaired) electrons. The van der Waals surface area contributed by atoms with Gasteiger partial charge >= 0.3 is 0 Å². The Morgan fingerprint density at radius 1 is 1.31 bits per heavy atom. The number of aryl methyl sites for hydroxylation is 1. The zero-order valence-electron chi connectivity index (χ0n) is 8.29. The summed E-state index contributed by atoms with van der Waals surface area (Å²) in [6.07, 6.45) is 0. The summed E-state index contributed by atoms with van der Waals surface area (Å²) in [4.78, 5) is 0. The molecule has 0 saturated carbocycles. The maximum atomic E-state index is 4.95. The maximum Gasteiger partial charge on any atom is 0.0968 e. The monoisotopic (exact) mass is 179 g/mol. The minimum atomic E-state index is 0.574. The minimum absolute atomic E-state index is 0.574. The van der Waals surface area contributed by atoms with Crippen LogP contribution in [0.1, 0.15) is 12.5 Å². The van der Waals surface area contributed by atoms with Gasteiger partial charge in [-0.1, -0.05) is 35.9 Å². The van der Waals surface area contributed by atoms with Gasteiger partial charge in [0.1, 0.15) is 0 Å². The third-order valence-corrected chi connectivity index (χ3v) is 1.84. The Balaban J connectivity index is 0.000000132. The van der Waals surface area contributed by atoms with E-state index in [-0.39, 0.29) is 0 Å². The number of hydrogen-bond donors (Lipinski definition) is 1. The third kappa shape index (κ3) is 4.65. The Morgan fingerprint density at radius 3 is 2.23 bits per heavy atom. The Hall–Kier alpha value is -0.860. The fourth-order valence-electron chi connectivity index (χ4n) is 1.03. The van der Waals surface area contributed by atoms with Crippen molar-refractivity contribution in [2.75, 3.05) is 13.3 Å². The molecule has 1 aromatic carbocycles. The highest BCUT2D eigenvalue weighted by molar-refractivity contribution is 5.11. The Kier molecular flexibility index (Phi) is 4.50. The van der Waals surface area contributed by atoms with Crippen LogP contribution in [0.15, 0.2) is 30.3 Å². The first-order valence-electron chi connectivity index (χ1n) is 4.62. The predicted molar refractivity (Wildman–Crippen MR) is 54.6 cm³/mol. The van der Waals surface area contributed by atoms with Crippen LogP contribution in [0, 0.1) is 6.92 Å². The number of ether oxygens (including phenoxy) is 1. The van der Waals surface area contributed by atoms with E-state index in [2.05, 4.69) is 31.3 Å². The summed E-state index contributed by atoms with van der Waals surface area (Å²) in [6.45, 7) is 5.80. The molecule has 1 unspecified atom stereocenters. The van der Waals surface area contributed by atoms with E-state index in [4.69, 9.17) is 4.74 Å². The topological polar surface area (TPSA) is 21.3 Å². The van der Waals surface area contributed by atoms with Gasteiger partial charge in [-0.05, 0) is 13.8 Å². The van der Waals surface area contributed by atoms with Gasteiger partial charge in [-0.2, -0.15) is 0 Å². The molecule has 1 heterocycles. The van der Waals surface area contributed by atoms with Crippen LogP contribution in [0.25, 0.3) is 0 Å². The second-order valence-electron chi connectivity index (χ2n) is 3.28. The highest BCUT2D eigenvalue weighted by Gasteiger charge is 2.05. The van der Waals surface area contributed by atoms with E-state index in [1.807, 2.05) is 18.2 Å². The van der Waals surface area contributed by atoms with Crippen LogP contribution >= 0.6 is 0 Å². The molecule has 2 nitrogen and oxygen atoms in total. The molecule has 0 bridgehead atoms. The van der Waals surface area contributed by atoms with Gasteiger partial charge in [-0.3, -0.25) is 5.32 Å². The van der Waals surface area contributed by atoms with E-state index in [1.165, 1.54) is 5.56 Å². The smallest absolute Gasteiger partial charge is 0.0968 e. The van der Waals surface area contributed by atoms with E-state index in [1.54, 1.807) is 0 Å². The highest BCUT2D eigenvalue weighted by Crippen LogP contribution is 1.92. The molecule has 1 fully saturated rings. The molecule has 1 atom stereocenters. The average molecular weight is 179 g/mol. The van der Waals surface area contributed by atoms with Crippen molar-refractivity contribution in [3.8, 4) is 0 Å². The largest absolute Gasteiger partial charge is 0.365 e. The number of hydrogen-bond acceptors (Lipinski definition) is 2. The molecule has 0 aromatic heterocycles. The van der Waals surface area contributed by atoms with Crippen molar-refractivity contribution in [2.24, 2.45) is 0 Å². The lowest BCUT2D eigenvalue weighted by Crippen LogP contribution is -2.18. The van der Waals surface area contributed by atoms with Gasteiger partial charge in [0.15, 0.2) is 0 Å². The van der Waals surface area contributed by atoms with E-state index in [0.717, 1.165) is 13.3 Å². The zero-order chi connectivity index (χ0) is 9.52. The fourth-order valence-corrected chi connectivity index (χ4v) is 1.03. The standard InChI is InChI=1S/C7H8.C4H9NO/c1-7-5-3-2-4-6-7;1-4-2-6-3-5-4/h2-6H,1H3;4-5H,2-3H2,1H3. The average Bonchev–Trinajstić information content (AvgIpc) is 2.58. The second kappa shape index (κ2) is 5.73. The SMILES string of the molecule is CC1COCN1.Cc1ccccc1. The molecule has 1 aliphatic heterocycles. The molecule has 1 N–H and O–H groups in total. The Morgan fingerprint density at radius 2 is 2.00 bits per heavy atom. The molecule has 0 aliphatic carbocycles. The van der Waals surface area contributed by atoms with Crippen molar-refractivity contribution in [3.05, 3.63) is 35.9 Å². The van der Waals surface area contributed by atoms with Crippen molar-refractivity contribution < 1.29 is 4.74 Å². The molecule has 72 valence electrons. The van der Waals surface area contributed by atoms with Gasteiger partial charge in [0.05, 0.1) is 13.3 Å². The first-order valence-corrected chi connectivity index (χ1v) is 4.62. The second-order valence-corrected chi connectivity index (χ2v) is 3.28. The van der Waals surface area contributed by atoms with E-state index in [9.17, 15) is 0 Å². The van der Waals surface area contributed by atoms with Gasteiger partial charge in [0.25, 0.3) is 0 Å². The molecule has 0 amide bonds. The maximum absolute atomic E-state index is 4.95. The lowest BCUT2D eigenvalue weighted by Gasteiger charge is -1.91. The van der Waals surface area contributed by atoms with Crippen molar-refractivity contribution >= 4 is 0 Å². The zero-order valence-corrected chi connectivity index (χ0v) is 8.29. The van der Waals surface area contributed by atoms with Crippen LogP contribution in [-0.4, -0.2) is 19.4 Å². The lowest BCUT2D eigenvalue weighted by molar-refractivity contribution is 0.190. The van der Waals surface area contributed by atoms with Crippen molar-refractivity contribution in [3.63, 3.8) is 0 Å². The van der Waals surface area contributed by atoms with Crippen molar-refractivity contribution in [2.45, 2.75) is 19.9 Å². The summed E-state index contributed by atoms with van der Waals surface area (Å²) in [5.41, 5.74) is 1.32. The summed E-state index contributed by atoms with van der Waals surface area (Å²) in [6, 6.07) is 10.8. The molecule has 0 spiro atoms. The summed E-state index contributed by atoms with van der Waals surface area (Å²) < 4.78 is 4.95. The van der Waals surface area contributed by atoms with Crippen molar-refractivity contribution in [1.82, 2.24) is 5.32 Å². The van der Waals surface area contributed by atoms with Gasteiger partial charge in [0, 0.05) is 6.04 Å². The fraction of sp³-hybridized carbons (Fsp3) is 0.455. The van der Waals surface area contributed by atoms with E-state index >= 15 is 0 Å². The summed E-state index contributed by atoms with van der Waals surface area (Å²) >= 11 is 0. The van der Waals surface area contributed by atoms with Crippen LogP contribution < -0.4 is 5.32 Å². The van der Waals surface area contributed by atoms with Gasteiger partial charge in [0.2, 0.25) is 0 Å². The molecular weight excluding hydrogens is 162 g/mol. The molecule has 13 heavy (non-hydrogen) atoms. The summed E-state index contributed by atoms with van der Waals surface area (Å²) in [5.74, 6) is 0. The quantitative estimate of drug-likeness (QED) is 0.657. The number of nitrogens with one attached hydrogen (secondary N) is 1. The van der Waals surface area contributed by atoms with Gasteiger partial charge in [-0.25, -0.2) is 0 Å². The normalized spacial score (nSPS) is 20.6. The van der Waals surface area contributed by atoms with Crippen LogP contribution in [0.2, 0.25) is 0 Å². The van der Waals surface area contributed by atoms with Crippen LogP contribution in [0.3, 0.4) is 0 Å². The number of rotatable bonds is 0. The van der Waals surface area contributed by atoms with E-state index < -0.39 is 0 Å². The summed E-state index contributed by atoms with van der Waals surface area (Å²) in [5, 5.41) is 3.10. The van der Waals surface area contributed by atoms with Gasteiger partial charge in [-0.15, -0.1) is 0 Å². The molecule has 1 aromatic rings. The van der Waals surface area contributed by atoms with Crippen molar-refractivity contribution in [1.29, 1.82) is 0 Å². The molecular formula is C11H17NO. The van der Waals surface area contributed by atoms with E-state index in [0.29, 0.717) is 6.04 Å². The third-order valence-electron chi connectivity index (χ3n) is 1.84. The first kappa shape index (κ1) is 10.2. The summed E-state index contributed by atoms with van der Waals surface area (Å²) in [7, 11) is 0. The minimum Gasteiger partial charge on any atom is -0.365 e. The molecule has 1 aliphatic rings. The highest BCUT2D eigenvalue weighted by atomic mass is 16.5. The number of benzene rings is 1. The lowest BCUT2D eigenvalue weighted by atomic mass is 10.2. The molecule has 2 rings (SSSR count). The Bertz CT molecular complexity index is 217. The molecule has 1 saturated heterocycles. The first-order chi connectivity index (χ1) is 6.29. The van der Waals surface area contributed by atoms with Crippen LogP contribution in [0.4, 0.5) is 0 Å². The van der Waals surface area contributed by atoms with Crippen LogP contribution in [-0.2, 0) is 4.74 Å².